The van der Waals surface area contributed by atoms with E-state index in [9.17, 15) is 4.79 Å². The molecule has 0 aromatic carbocycles. The van der Waals surface area contributed by atoms with Crippen molar-refractivity contribution >= 4 is 23.4 Å². The zero-order valence-corrected chi connectivity index (χ0v) is 12.7. The van der Waals surface area contributed by atoms with Gasteiger partial charge in [-0.3, -0.25) is 0 Å². The fraction of sp³-hybridized carbons (Fsp3) is 0.467. The summed E-state index contributed by atoms with van der Waals surface area (Å²) in [5.74, 6) is -0.434. The van der Waals surface area contributed by atoms with Gasteiger partial charge in [0.15, 0.2) is 5.69 Å². The topological polar surface area (TPSA) is 53.4 Å². The molecule has 0 spiro atoms. The van der Waals surface area contributed by atoms with Crippen LogP contribution in [0.25, 0.3) is 0 Å². The second-order valence-corrected chi connectivity index (χ2v) is 6.39. The third-order valence-electron chi connectivity index (χ3n) is 3.53. The monoisotopic (exact) mass is 294 g/mol. The molecule has 0 fully saturated rings. The van der Waals surface area contributed by atoms with Gasteiger partial charge in [0, 0.05) is 13.1 Å². The average Bonchev–Trinajstić information content (AvgIpc) is 2.38. The Bertz CT molecular complexity index is 561. The van der Waals surface area contributed by atoms with E-state index >= 15 is 0 Å². The molecule has 20 heavy (non-hydrogen) atoms. The van der Waals surface area contributed by atoms with E-state index in [4.69, 9.17) is 16.7 Å². The van der Waals surface area contributed by atoms with Gasteiger partial charge in [-0.2, -0.15) is 0 Å². The van der Waals surface area contributed by atoms with Crippen LogP contribution < -0.4 is 4.90 Å². The Balaban J connectivity index is 2.21. The number of aromatic carboxylic acids is 1. The molecule has 1 aliphatic heterocycles. The number of aromatic nitrogens is 1. The number of rotatable bonds is 2. The van der Waals surface area contributed by atoms with Crippen molar-refractivity contribution in [1.29, 1.82) is 0 Å². The number of carbonyl (C=O) groups is 1. The summed E-state index contributed by atoms with van der Waals surface area (Å²) in [6.07, 6.45) is 3.18. The summed E-state index contributed by atoms with van der Waals surface area (Å²) in [4.78, 5) is 17.3. The molecule has 0 atom stereocenters. The molecule has 0 amide bonds. The minimum absolute atomic E-state index is 0.0882. The third-order valence-corrected chi connectivity index (χ3v) is 3.84. The van der Waals surface area contributed by atoms with Gasteiger partial charge in [0.1, 0.15) is 5.82 Å². The molecule has 0 radical (unpaired) electrons. The lowest BCUT2D eigenvalue weighted by Gasteiger charge is -2.32. The molecule has 5 heteroatoms. The van der Waals surface area contributed by atoms with Crippen molar-refractivity contribution in [2.75, 3.05) is 18.0 Å². The number of hydrogen-bond donors (Lipinski definition) is 1. The molecule has 1 aliphatic rings. The Hall–Kier alpha value is -1.55. The van der Waals surface area contributed by atoms with Gasteiger partial charge < -0.3 is 10.0 Å². The predicted octanol–water partition coefficient (Wildman–Crippen LogP) is 3.62. The van der Waals surface area contributed by atoms with Gasteiger partial charge in [-0.1, -0.05) is 44.0 Å². The van der Waals surface area contributed by atoms with Gasteiger partial charge in [-0.15, -0.1) is 0 Å². The SMILES string of the molecule is CC(C)(C)C1=CCN(c2ccc(Cl)c(C(=O)O)n2)CC1. The first-order valence-electron chi connectivity index (χ1n) is 6.63. The first-order valence-corrected chi connectivity index (χ1v) is 7.01. The fourth-order valence-corrected chi connectivity index (χ4v) is 2.50. The summed E-state index contributed by atoms with van der Waals surface area (Å²) in [5, 5.41) is 9.23. The fourth-order valence-electron chi connectivity index (χ4n) is 2.32. The van der Waals surface area contributed by atoms with Crippen LogP contribution in [-0.2, 0) is 0 Å². The smallest absolute Gasteiger partial charge is 0.356 e. The van der Waals surface area contributed by atoms with E-state index in [-0.39, 0.29) is 16.1 Å². The van der Waals surface area contributed by atoms with Crippen LogP contribution in [0.1, 0.15) is 37.7 Å². The number of carboxylic acid groups (broad SMARTS) is 1. The number of halogens is 1. The molecule has 2 rings (SSSR count). The van der Waals surface area contributed by atoms with Crippen molar-refractivity contribution in [3.8, 4) is 0 Å². The van der Waals surface area contributed by atoms with Gasteiger partial charge >= 0.3 is 5.97 Å². The zero-order chi connectivity index (χ0) is 14.9. The summed E-state index contributed by atoms with van der Waals surface area (Å²) in [7, 11) is 0. The van der Waals surface area contributed by atoms with Crippen LogP contribution in [0.3, 0.4) is 0 Å². The Morgan fingerprint density at radius 3 is 2.60 bits per heavy atom. The van der Waals surface area contributed by atoms with E-state index in [1.807, 2.05) is 0 Å². The number of hydrogen-bond acceptors (Lipinski definition) is 3. The molecule has 1 aromatic rings. The minimum atomic E-state index is -1.10. The standard InChI is InChI=1S/C15H19ClN2O2/c1-15(2,3)10-6-8-18(9-7-10)12-5-4-11(16)13(17-12)14(19)20/h4-6H,7-9H2,1-3H3,(H,19,20). The van der Waals surface area contributed by atoms with Crippen molar-refractivity contribution in [2.24, 2.45) is 5.41 Å². The predicted molar refractivity (Wildman–Crippen MR) is 80.6 cm³/mol. The molecule has 0 saturated carbocycles. The van der Waals surface area contributed by atoms with E-state index in [1.165, 1.54) is 5.57 Å². The molecule has 2 heterocycles. The highest BCUT2D eigenvalue weighted by Gasteiger charge is 2.22. The second kappa shape index (κ2) is 5.44. The highest BCUT2D eigenvalue weighted by Crippen LogP contribution is 2.31. The van der Waals surface area contributed by atoms with Crippen LogP contribution in [0.2, 0.25) is 5.02 Å². The molecule has 0 saturated heterocycles. The molecule has 1 aromatic heterocycles. The van der Waals surface area contributed by atoms with Gasteiger partial charge in [-0.05, 0) is 24.0 Å². The Morgan fingerprint density at radius 2 is 2.10 bits per heavy atom. The molecule has 1 N–H and O–H groups in total. The highest BCUT2D eigenvalue weighted by atomic mass is 35.5. The second-order valence-electron chi connectivity index (χ2n) is 5.98. The van der Waals surface area contributed by atoms with E-state index in [1.54, 1.807) is 12.1 Å². The molecule has 0 unspecified atom stereocenters. The number of nitrogens with zero attached hydrogens (tertiary/aromatic N) is 2. The van der Waals surface area contributed by atoms with Gasteiger partial charge in [0.2, 0.25) is 0 Å². The average molecular weight is 295 g/mol. The maximum atomic E-state index is 11.1. The van der Waals surface area contributed by atoms with E-state index in [0.29, 0.717) is 5.82 Å². The first-order chi connectivity index (χ1) is 9.29. The van der Waals surface area contributed by atoms with Crippen molar-refractivity contribution in [3.05, 3.63) is 34.5 Å². The Morgan fingerprint density at radius 1 is 1.40 bits per heavy atom. The van der Waals surface area contributed by atoms with Crippen molar-refractivity contribution in [3.63, 3.8) is 0 Å². The first kappa shape index (κ1) is 14.9. The van der Waals surface area contributed by atoms with Crippen LogP contribution in [0.15, 0.2) is 23.8 Å². The molecular weight excluding hydrogens is 276 g/mol. The van der Waals surface area contributed by atoms with E-state index in [2.05, 4.69) is 36.7 Å². The van der Waals surface area contributed by atoms with Crippen LogP contribution in [0.5, 0.6) is 0 Å². The van der Waals surface area contributed by atoms with Crippen molar-refractivity contribution < 1.29 is 9.90 Å². The van der Waals surface area contributed by atoms with Crippen LogP contribution in [0, 0.1) is 5.41 Å². The molecule has 0 bridgehead atoms. The number of carboxylic acids is 1. The van der Waals surface area contributed by atoms with Gasteiger partial charge in [0.25, 0.3) is 0 Å². The molecule has 0 aliphatic carbocycles. The van der Waals surface area contributed by atoms with E-state index in [0.717, 1.165) is 19.5 Å². The van der Waals surface area contributed by atoms with Crippen molar-refractivity contribution in [2.45, 2.75) is 27.2 Å². The van der Waals surface area contributed by atoms with Crippen LogP contribution >= 0.6 is 11.6 Å². The lowest BCUT2D eigenvalue weighted by molar-refractivity contribution is 0.0691. The lowest BCUT2D eigenvalue weighted by Crippen LogP contribution is -2.32. The summed E-state index contributed by atoms with van der Waals surface area (Å²) >= 11 is 5.84. The highest BCUT2D eigenvalue weighted by molar-refractivity contribution is 6.33. The molecular formula is C15H19ClN2O2. The van der Waals surface area contributed by atoms with Crippen LogP contribution in [0.4, 0.5) is 5.82 Å². The minimum Gasteiger partial charge on any atom is -0.476 e. The zero-order valence-electron chi connectivity index (χ0n) is 12.0. The summed E-state index contributed by atoms with van der Waals surface area (Å²) in [6, 6.07) is 3.36. The largest absolute Gasteiger partial charge is 0.476 e. The summed E-state index contributed by atoms with van der Waals surface area (Å²) in [6.45, 7) is 8.21. The maximum Gasteiger partial charge on any atom is 0.356 e. The lowest BCUT2D eigenvalue weighted by atomic mass is 9.83. The maximum absolute atomic E-state index is 11.1. The molecule has 108 valence electrons. The Kier molecular flexibility index (Phi) is 4.04. The summed E-state index contributed by atoms with van der Waals surface area (Å²) < 4.78 is 0. The number of anilines is 1. The van der Waals surface area contributed by atoms with Gasteiger partial charge in [-0.25, -0.2) is 9.78 Å². The quantitative estimate of drug-likeness (QED) is 0.847. The number of pyridine rings is 1. The molecule has 4 nitrogen and oxygen atoms in total. The third kappa shape index (κ3) is 3.12. The van der Waals surface area contributed by atoms with Gasteiger partial charge in [0.05, 0.1) is 5.02 Å². The normalized spacial score (nSPS) is 16.0. The van der Waals surface area contributed by atoms with Crippen molar-refractivity contribution in [1.82, 2.24) is 4.98 Å². The van der Waals surface area contributed by atoms with E-state index < -0.39 is 5.97 Å². The summed E-state index contributed by atoms with van der Waals surface area (Å²) in [5.41, 5.74) is 1.53. The Labute approximate surface area is 124 Å². The van der Waals surface area contributed by atoms with Crippen LogP contribution in [-0.4, -0.2) is 29.1 Å².